The number of aliphatic hydroxyl groups is 1. The molecule has 0 aliphatic heterocycles. The lowest BCUT2D eigenvalue weighted by Gasteiger charge is -2.21. The average molecular weight is 180 g/mol. The number of nitrogens with zero attached hydrogens (tertiary/aromatic N) is 2. The van der Waals surface area contributed by atoms with E-state index in [1.165, 1.54) is 0 Å². The lowest BCUT2D eigenvalue weighted by atomic mass is 10.2. The number of rotatable bonds is 4. The van der Waals surface area contributed by atoms with Gasteiger partial charge in [0.25, 0.3) is 0 Å². The van der Waals surface area contributed by atoms with Gasteiger partial charge in [-0.2, -0.15) is 0 Å². The van der Waals surface area contributed by atoms with Crippen molar-refractivity contribution in [2.24, 2.45) is 0 Å². The lowest BCUT2D eigenvalue weighted by molar-refractivity contribution is 0.281. The van der Waals surface area contributed by atoms with E-state index in [9.17, 15) is 0 Å². The molecule has 0 bridgehead atoms. The van der Waals surface area contributed by atoms with Gasteiger partial charge in [-0.05, 0) is 19.9 Å². The number of hydrogen-bond acceptors (Lipinski definition) is 3. The number of hydrogen-bond donors (Lipinski definition) is 1. The standard InChI is InChI=1S/C10H16N2O/c1-3-12(4-2)10-9(8-13)6-5-7-11-10/h5-7,13H,3-4,8H2,1-2H3. The number of aliphatic hydroxyl groups excluding tert-OH is 1. The van der Waals surface area contributed by atoms with Gasteiger partial charge in [-0.25, -0.2) is 4.98 Å². The van der Waals surface area contributed by atoms with Crippen LogP contribution in [0, 0.1) is 0 Å². The molecule has 72 valence electrons. The van der Waals surface area contributed by atoms with Crippen LogP contribution in [0.4, 0.5) is 5.82 Å². The highest BCUT2D eigenvalue weighted by atomic mass is 16.3. The Morgan fingerprint density at radius 1 is 1.38 bits per heavy atom. The Morgan fingerprint density at radius 2 is 2.08 bits per heavy atom. The van der Waals surface area contributed by atoms with Crippen molar-refractivity contribution in [2.75, 3.05) is 18.0 Å². The summed E-state index contributed by atoms with van der Waals surface area (Å²) in [5, 5.41) is 9.09. The van der Waals surface area contributed by atoms with Crippen molar-refractivity contribution in [3.05, 3.63) is 23.9 Å². The summed E-state index contributed by atoms with van der Waals surface area (Å²) in [7, 11) is 0. The van der Waals surface area contributed by atoms with E-state index >= 15 is 0 Å². The summed E-state index contributed by atoms with van der Waals surface area (Å²) < 4.78 is 0. The Morgan fingerprint density at radius 3 is 2.62 bits per heavy atom. The average Bonchev–Trinajstić information content (AvgIpc) is 2.20. The molecule has 13 heavy (non-hydrogen) atoms. The Kier molecular flexibility index (Phi) is 3.71. The minimum Gasteiger partial charge on any atom is -0.392 e. The second-order valence-corrected chi connectivity index (χ2v) is 2.82. The third-order valence-corrected chi connectivity index (χ3v) is 2.10. The molecule has 0 radical (unpaired) electrons. The van der Waals surface area contributed by atoms with E-state index in [1.807, 2.05) is 12.1 Å². The molecule has 0 spiro atoms. The summed E-state index contributed by atoms with van der Waals surface area (Å²) in [6.07, 6.45) is 1.76. The molecule has 0 amide bonds. The smallest absolute Gasteiger partial charge is 0.134 e. The molecule has 1 heterocycles. The molecule has 0 unspecified atom stereocenters. The van der Waals surface area contributed by atoms with Crippen LogP contribution in [0.2, 0.25) is 0 Å². The van der Waals surface area contributed by atoms with Crippen LogP contribution in [0.5, 0.6) is 0 Å². The van der Waals surface area contributed by atoms with Gasteiger partial charge >= 0.3 is 0 Å². The molecular weight excluding hydrogens is 164 g/mol. The van der Waals surface area contributed by atoms with Gasteiger partial charge in [0.05, 0.1) is 6.61 Å². The second kappa shape index (κ2) is 4.82. The molecule has 0 atom stereocenters. The molecule has 1 aromatic heterocycles. The zero-order chi connectivity index (χ0) is 9.68. The zero-order valence-electron chi connectivity index (χ0n) is 8.20. The first-order chi connectivity index (χ1) is 6.33. The fourth-order valence-electron chi connectivity index (χ4n) is 1.36. The summed E-state index contributed by atoms with van der Waals surface area (Å²) >= 11 is 0. The van der Waals surface area contributed by atoms with Gasteiger partial charge < -0.3 is 10.0 Å². The maximum Gasteiger partial charge on any atom is 0.134 e. The van der Waals surface area contributed by atoms with Crippen LogP contribution >= 0.6 is 0 Å². The molecule has 0 aliphatic rings. The Bertz CT molecular complexity index is 259. The molecule has 1 rings (SSSR count). The molecule has 3 heteroatoms. The van der Waals surface area contributed by atoms with E-state index in [4.69, 9.17) is 5.11 Å². The van der Waals surface area contributed by atoms with Gasteiger partial charge in [-0.3, -0.25) is 0 Å². The Hall–Kier alpha value is -1.09. The number of anilines is 1. The summed E-state index contributed by atoms with van der Waals surface area (Å²) in [6, 6.07) is 3.75. The van der Waals surface area contributed by atoms with Gasteiger partial charge in [0, 0.05) is 24.8 Å². The minimum atomic E-state index is 0.0552. The van der Waals surface area contributed by atoms with E-state index in [-0.39, 0.29) is 6.61 Å². The predicted molar refractivity (Wildman–Crippen MR) is 53.7 cm³/mol. The van der Waals surface area contributed by atoms with Crippen molar-refractivity contribution < 1.29 is 5.11 Å². The van der Waals surface area contributed by atoms with Gasteiger partial charge in [0.15, 0.2) is 0 Å². The topological polar surface area (TPSA) is 36.4 Å². The Labute approximate surface area is 79.0 Å². The highest BCUT2D eigenvalue weighted by molar-refractivity contribution is 5.45. The van der Waals surface area contributed by atoms with Gasteiger partial charge in [-0.1, -0.05) is 6.07 Å². The van der Waals surface area contributed by atoms with Gasteiger partial charge in [0.2, 0.25) is 0 Å². The van der Waals surface area contributed by atoms with E-state index < -0.39 is 0 Å². The molecular formula is C10H16N2O. The van der Waals surface area contributed by atoms with Crippen LogP contribution in [0.25, 0.3) is 0 Å². The first-order valence-corrected chi connectivity index (χ1v) is 4.63. The summed E-state index contributed by atoms with van der Waals surface area (Å²) in [5.41, 5.74) is 0.895. The van der Waals surface area contributed by atoms with Crippen molar-refractivity contribution in [3.8, 4) is 0 Å². The van der Waals surface area contributed by atoms with Crippen LogP contribution in [0.15, 0.2) is 18.3 Å². The van der Waals surface area contributed by atoms with Crippen LogP contribution in [0.1, 0.15) is 19.4 Å². The molecule has 0 aromatic carbocycles. The maximum absolute atomic E-state index is 9.09. The van der Waals surface area contributed by atoms with Crippen molar-refractivity contribution in [2.45, 2.75) is 20.5 Å². The van der Waals surface area contributed by atoms with Crippen molar-refractivity contribution in [3.63, 3.8) is 0 Å². The van der Waals surface area contributed by atoms with Crippen LogP contribution in [-0.4, -0.2) is 23.2 Å². The maximum atomic E-state index is 9.09. The highest BCUT2D eigenvalue weighted by Gasteiger charge is 2.07. The summed E-state index contributed by atoms with van der Waals surface area (Å²) in [6.45, 7) is 6.05. The van der Waals surface area contributed by atoms with Crippen LogP contribution in [0.3, 0.4) is 0 Å². The zero-order valence-corrected chi connectivity index (χ0v) is 8.20. The number of pyridine rings is 1. The first-order valence-electron chi connectivity index (χ1n) is 4.63. The molecule has 0 aliphatic carbocycles. The van der Waals surface area contributed by atoms with Crippen LogP contribution in [-0.2, 0) is 6.61 Å². The normalized spacial score (nSPS) is 10.1. The third-order valence-electron chi connectivity index (χ3n) is 2.10. The summed E-state index contributed by atoms with van der Waals surface area (Å²) in [4.78, 5) is 6.39. The lowest BCUT2D eigenvalue weighted by Crippen LogP contribution is -2.24. The largest absolute Gasteiger partial charge is 0.392 e. The minimum absolute atomic E-state index is 0.0552. The van der Waals surface area contributed by atoms with Gasteiger partial charge in [-0.15, -0.1) is 0 Å². The first kappa shape index (κ1) is 9.99. The second-order valence-electron chi connectivity index (χ2n) is 2.82. The molecule has 1 N–H and O–H groups in total. The summed E-state index contributed by atoms with van der Waals surface area (Å²) in [5.74, 6) is 0.898. The van der Waals surface area contributed by atoms with E-state index in [0.29, 0.717) is 0 Å². The van der Waals surface area contributed by atoms with E-state index in [1.54, 1.807) is 6.20 Å². The molecule has 1 aromatic rings. The Balaban J connectivity index is 2.96. The van der Waals surface area contributed by atoms with Crippen molar-refractivity contribution in [1.29, 1.82) is 0 Å². The quantitative estimate of drug-likeness (QED) is 0.761. The van der Waals surface area contributed by atoms with Crippen molar-refractivity contribution in [1.82, 2.24) is 4.98 Å². The number of aromatic nitrogens is 1. The molecule has 0 fully saturated rings. The highest BCUT2D eigenvalue weighted by Crippen LogP contribution is 2.16. The predicted octanol–water partition coefficient (Wildman–Crippen LogP) is 1.42. The van der Waals surface area contributed by atoms with E-state index in [0.717, 1.165) is 24.5 Å². The van der Waals surface area contributed by atoms with Gasteiger partial charge in [0.1, 0.15) is 5.82 Å². The monoisotopic (exact) mass is 180 g/mol. The molecule has 3 nitrogen and oxygen atoms in total. The fourth-order valence-corrected chi connectivity index (χ4v) is 1.36. The SMILES string of the molecule is CCN(CC)c1ncccc1CO. The molecule has 0 saturated heterocycles. The third kappa shape index (κ3) is 2.18. The fraction of sp³-hybridized carbons (Fsp3) is 0.500. The van der Waals surface area contributed by atoms with E-state index in [2.05, 4.69) is 23.7 Å². The van der Waals surface area contributed by atoms with Crippen molar-refractivity contribution >= 4 is 5.82 Å². The molecule has 0 saturated carbocycles. The van der Waals surface area contributed by atoms with Crippen LogP contribution < -0.4 is 4.90 Å².